The van der Waals surface area contributed by atoms with Crippen LogP contribution in [0.3, 0.4) is 0 Å². The summed E-state index contributed by atoms with van der Waals surface area (Å²) in [5.41, 5.74) is 0.896. The molecule has 2 aromatic rings. The van der Waals surface area contributed by atoms with Crippen molar-refractivity contribution in [2.45, 2.75) is 24.9 Å². The van der Waals surface area contributed by atoms with Crippen molar-refractivity contribution in [3.63, 3.8) is 0 Å². The van der Waals surface area contributed by atoms with Gasteiger partial charge in [-0.15, -0.1) is 0 Å². The number of H-pyrrole nitrogens is 1. The quantitative estimate of drug-likeness (QED) is 0.524. The lowest BCUT2D eigenvalue weighted by atomic mass is 10.1. The number of Topliss-reactive ketones (excluding diaryl/α,β-unsaturated/α-hetero) is 1. The predicted octanol–water partition coefficient (Wildman–Crippen LogP) is 3.01. The van der Waals surface area contributed by atoms with E-state index >= 15 is 0 Å². The van der Waals surface area contributed by atoms with Crippen molar-refractivity contribution >= 4 is 17.5 Å². The van der Waals surface area contributed by atoms with Crippen LogP contribution in [0.25, 0.3) is 0 Å². The molecule has 0 aliphatic rings. The van der Waals surface area contributed by atoms with Gasteiger partial charge in [0, 0.05) is 11.6 Å². The number of aromatic amines is 1. The molecule has 0 amide bonds. The van der Waals surface area contributed by atoms with Crippen LogP contribution >= 0.6 is 11.8 Å². The van der Waals surface area contributed by atoms with Gasteiger partial charge in [-0.25, -0.2) is 9.37 Å². The summed E-state index contributed by atoms with van der Waals surface area (Å²) in [5, 5.41) is 0.418. The highest BCUT2D eigenvalue weighted by Gasteiger charge is 2.10. The molecule has 0 radical (unpaired) electrons. The summed E-state index contributed by atoms with van der Waals surface area (Å²) in [7, 11) is 0. The Balaban J connectivity index is 2.07. The first kappa shape index (κ1) is 15.4. The zero-order chi connectivity index (χ0) is 15.4. The lowest BCUT2D eigenvalue weighted by Crippen LogP contribution is -2.12. The van der Waals surface area contributed by atoms with Gasteiger partial charge in [0.2, 0.25) is 0 Å². The monoisotopic (exact) mass is 306 g/mol. The third kappa shape index (κ3) is 4.26. The van der Waals surface area contributed by atoms with Gasteiger partial charge in [-0.3, -0.25) is 9.59 Å². The molecular weight excluding hydrogens is 291 g/mol. The first-order valence-corrected chi connectivity index (χ1v) is 7.47. The standard InChI is InChI=1S/C15H15FN2O2S/c1-9(2)12-7-14(20)18-15(17-12)21-8-13(19)10-3-5-11(16)6-4-10/h3-7,9H,8H2,1-2H3,(H,17,18,20). The van der Waals surface area contributed by atoms with E-state index in [9.17, 15) is 14.0 Å². The smallest absolute Gasteiger partial charge is 0.251 e. The van der Waals surface area contributed by atoms with E-state index in [-0.39, 0.29) is 28.8 Å². The first-order chi connectivity index (χ1) is 9.95. The highest BCUT2D eigenvalue weighted by molar-refractivity contribution is 7.99. The maximum atomic E-state index is 12.8. The molecule has 0 saturated carbocycles. The molecule has 2 rings (SSSR count). The van der Waals surface area contributed by atoms with Crippen LogP contribution in [0.2, 0.25) is 0 Å². The van der Waals surface area contributed by atoms with Crippen LogP contribution in [0.1, 0.15) is 35.8 Å². The van der Waals surface area contributed by atoms with Crippen LogP contribution in [0.4, 0.5) is 4.39 Å². The fourth-order valence-corrected chi connectivity index (χ4v) is 2.45. The van der Waals surface area contributed by atoms with Crippen molar-refractivity contribution in [2.75, 3.05) is 5.75 Å². The molecule has 1 aromatic heterocycles. The summed E-state index contributed by atoms with van der Waals surface area (Å²) in [6.07, 6.45) is 0. The van der Waals surface area contributed by atoms with Crippen LogP contribution in [0.15, 0.2) is 40.3 Å². The second-order valence-corrected chi connectivity index (χ2v) is 5.81. The van der Waals surface area contributed by atoms with Crippen molar-refractivity contribution in [1.29, 1.82) is 0 Å². The number of hydrogen-bond acceptors (Lipinski definition) is 4. The molecule has 1 N–H and O–H groups in total. The lowest BCUT2D eigenvalue weighted by molar-refractivity contribution is 0.102. The van der Waals surface area contributed by atoms with E-state index in [4.69, 9.17) is 0 Å². The summed E-state index contributed by atoms with van der Waals surface area (Å²) in [6.45, 7) is 3.89. The van der Waals surface area contributed by atoms with E-state index in [1.807, 2.05) is 13.8 Å². The van der Waals surface area contributed by atoms with Gasteiger partial charge < -0.3 is 4.98 Å². The molecule has 21 heavy (non-hydrogen) atoms. The van der Waals surface area contributed by atoms with Crippen LogP contribution in [0, 0.1) is 5.82 Å². The number of carbonyl (C=O) groups is 1. The Kier molecular flexibility index (Phi) is 4.90. The Labute approximate surface area is 125 Å². The van der Waals surface area contributed by atoms with E-state index in [0.29, 0.717) is 16.4 Å². The van der Waals surface area contributed by atoms with Gasteiger partial charge in [-0.1, -0.05) is 25.6 Å². The van der Waals surface area contributed by atoms with Gasteiger partial charge in [-0.2, -0.15) is 0 Å². The molecule has 1 aromatic carbocycles. The van der Waals surface area contributed by atoms with E-state index in [1.165, 1.54) is 30.3 Å². The van der Waals surface area contributed by atoms with Crippen molar-refractivity contribution in [1.82, 2.24) is 9.97 Å². The Bertz CT molecular complexity index is 696. The summed E-state index contributed by atoms with van der Waals surface area (Å²) in [5.74, 6) is -0.247. The topological polar surface area (TPSA) is 62.8 Å². The van der Waals surface area contributed by atoms with Crippen LogP contribution in [-0.2, 0) is 0 Å². The van der Waals surface area contributed by atoms with Crippen LogP contribution in [0.5, 0.6) is 0 Å². The van der Waals surface area contributed by atoms with Crippen LogP contribution < -0.4 is 5.56 Å². The summed E-state index contributed by atoms with van der Waals surface area (Å²) in [4.78, 5) is 30.4. The lowest BCUT2D eigenvalue weighted by Gasteiger charge is -2.06. The molecule has 110 valence electrons. The van der Waals surface area contributed by atoms with Crippen molar-refractivity contribution in [2.24, 2.45) is 0 Å². The molecule has 1 heterocycles. The maximum Gasteiger partial charge on any atom is 0.251 e. The minimum absolute atomic E-state index is 0.135. The Hall–Kier alpha value is -1.95. The molecule has 0 bridgehead atoms. The van der Waals surface area contributed by atoms with Crippen LogP contribution in [-0.4, -0.2) is 21.5 Å². The second kappa shape index (κ2) is 6.67. The van der Waals surface area contributed by atoms with Gasteiger partial charge in [0.05, 0.1) is 11.4 Å². The van der Waals surface area contributed by atoms with E-state index < -0.39 is 0 Å². The largest absolute Gasteiger partial charge is 0.301 e. The molecule has 6 heteroatoms. The van der Waals surface area contributed by atoms with Gasteiger partial charge in [0.1, 0.15) is 5.82 Å². The molecule has 0 aliphatic heterocycles. The first-order valence-electron chi connectivity index (χ1n) is 6.48. The zero-order valence-electron chi connectivity index (χ0n) is 11.7. The van der Waals surface area contributed by atoms with Gasteiger partial charge in [0.15, 0.2) is 10.9 Å². The Morgan fingerprint density at radius 2 is 2.00 bits per heavy atom. The van der Waals surface area contributed by atoms with E-state index in [1.54, 1.807) is 0 Å². The van der Waals surface area contributed by atoms with Gasteiger partial charge >= 0.3 is 0 Å². The van der Waals surface area contributed by atoms with Gasteiger partial charge in [0.25, 0.3) is 5.56 Å². The molecule has 0 atom stereocenters. The number of hydrogen-bond donors (Lipinski definition) is 1. The molecule has 0 spiro atoms. The maximum absolute atomic E-state index is 12.8. The van der Waals surface area contributed by atoms with Crippen molar-refractivity contribution in [3.8, 4) is 0 Å². The number of thioether (sulfide) groups is 1. The average molecular weight is 306 g/mol. The normalized spacial score (nSPS) is 10.9. The molecule has 0 fully saturated rings. The number of nitrogens with zero attached hydrogens (tertiary/aromatic N) is 1. The average Bonchev–Trinajstić information content (AvgIpc) is 2.45. The number of aromatic nitrogens is 2. The fourth-order valence-electron chi connectivity index (χ4n) is 1.67. The van der Waals surface area contributed by atoms with Gasteiger partial charge in [-0.05, 0) is 30.2 Å². The number of nitrogens with one attached hydrogen (secondary N) is 1. The Morgan fingerprint density at radius 1 is 1.33 bits per heavy atom. The summed E-state index contributed by atoms with van der Waals surface area (Å²) < 4.78 is 12.8. The van der Waals surface area contributed by atoms with E-state index in [0.717, 1.165) is 11.8 Å². The number of ketones is 1. The molecule has 0 aliphatic carbocycles. The third-order valence-electron chi connectivity index (χ3n) is 2.84. The fraction of sp³-hybridized carbons (Fsp3) is 0.267. The summed E-state index contributed by atoms with van der Waals surface area (Å²) in [6, 6.07) is 6.84. The van der Waals surface area contributed by atoms with E-state index in [2.05, 4.69) is 9.97 Å². The molecule has 0 saturated heterocycles. The van der Waals surface area contributed by atoms with Crippen molar-refractivity contribution < 1.29 is 9.18 Å². The number of carbonyl (C=O) groups excluding carboxylic acids is 1. The minimum atomic E-state index is -0.380. The highest BCUT2D eigenvalue weighted by atomic mass is 32.2. The number of benzene rings is 1. The molecule has 0 unspecified atom stereocenters. The second-order valence-electron chi connectivity index (χ2n) is 4.85. The predicted molar refractivity (Wildman–Crippen MR) is 80.4 cm³/mol. The third-order valence-corrected chi connectivity index (χ3v) is 3.71. The number of halogens is 1. The molecule has 4 nitrogen and oxygen atoms in total. The highest BCUT2D eigenvalue weighted by Crippen LogP contribution is 2.17. The SMILES string of the molecule is CC(C)c1cc(=O)[nH]c(SCC(=O)c2ccc(F)cc2)n1. The number of rotatable bonds is 5. The minimum Gasteiger partial charge on any atom is -0.301 e. The zero-order valence-corrected chi connectivity index (χ0v) is 12.5. The summed E-state index contributed by atoms with van der Waals surface area (Å²) >= 11 is 1.16. The molecular formula is C15H15FN2O2S. The van der Waals surface area contributed by atoms with Crippen molar-refractivity contribution in [3.05, 3.63) is 57.8 Å². The Morgan fingerprint density at radius 3 is 2.62 bits per heavy atom.